The molecule has 1 aromatic carbocycles. The molecule has 0 aromatic heterocycles. The lowest BCUT2D eigenvalue weighted by molar-refractivity contribution is -0.0767. The molecule has 1 fully saturated rings. The molecule has 2 atom stereocenters. The summed E-state index contributed by atoms with van der Waals surface area (Å²) < 4.78 is 7.14. The van der Waals surface area contributed by atoms with Gasteiger partial charge in [0.25, 0.3) is 0 Å². The maximum Gasteiger partial charge on any atom is 0.0680 e. The van der Waals surface area contributed by atoms with Crippen LogP contribution < -0.4 is 5.73 Å². The van der Waals surface area contributed by atoms with Crippen molar-refractivity contribution in [2.75, 3.05) is 0 Å². The quantitative estimate of drug-likeness (QED) is 0.842. The molecular formula is C15H21BrClNO. The van der Waals surface area contributed by atoms with Gasteiger partial charge in [-0.1, -0.05) is 27.5 Å². The van der Waals surface area contributed by atoms with Crippen LogP contribution >= 0.6 is 27.5 Å². The number of ether oxygens (including phenoxy) is 1. The third kappa shape index (κ3) is 3.15. The second-order valence-electron chi connectivity index (χ2n) is 6.47. The molecule has 0 amide bonds. The average Bonchev–Trinajstić information content (AvgIpc) is 2.49. The van der Waals surface area contributed by atoms with Crippen LogP contribution in [0.5, 0.6) is 0 Å². The fourth-order valence-electron chi connectivity index (χ4n) is 3.15. The Morgan fingerprint density at radius 1 is 1.37 bits per heavy atom. The molecule has 106 valence electrons. The van der Waals surface area contributed by atoms with Crippen LogP contribution in [0.3, 0.4) is 0 Å². The van der Waals surface area contributed by atoms with Crippen molar-refractivity contribution < 1.29 is 4.74 Å². The van der Waals surface area contributed by atoms with Crippen LogP contribution in [-0.2, 0) is 4.74 Å². The third-order valence-electron chi connectivity index (χ3n) is 3.89. The Kier molecular flexibility index (Phi) is 4.05. The molecule has 2 unspecified atom stereocenters. The number of rotatable bonds is 2. The van der Waals surface area contributed by atoms with Crippen LogP contribution in [-0.4, -0.2) is 11.2 Å². The second-order valence-corrected chi connectivity index (χ2v) is 7.76. The van der Waals surface area contributed by atoms with Crippen LogP contribution in [0, 0.1) is 5.92 Å². The number of hydrogen-bond donors (Lipinski definition) is 1. The minimum Gasteiger partial charge on any atom is -0.369 e. The standard InChI is InChI=1S/C15H21BrClNO/c1-14(2)8-11(15(3,4)19-14)13(18)10-7-9(17)5-6-12(10)16/h5-7,11,13H,8,18H2,1-4H3. The van der Waals surface area contributed by atoms with E-state index in [9.17, 15) is 0 Å². The Balaban J connectivity index is 2.34. The van der Waals surface area contributed by atoms with E-state index in [0.29, 0.717) is 5.02 Å². The summed E-state index contributed by atoms with van der Waals surface area (Å²) >= 11 is 9.65. The van der Waals surface area contributed by atoms with E-state index in [1.54, 1.807) is 0 Å². The first-order valence-electron chi connectivity index (χ1n) is 6.53. The Morgan fingerprint density at radius 2 is 2.00 bits per heavy atom. The summed E-state index contributed by atoms with van der Waals surface area (Å²) in [6.45, 7) is 8.47. The highest BCUT2D eigenvalue weighted by molar-refractivity contribution is 9.10. The Bertz CT molecular complexity index is 487. The van der Waals surface area contributed by atoms with E-state index in [1.807, 2.05) is 18.2 Å². The molecule has 1 aromatic rings. The number of benzene rings is 1. The second kappa shape index (κ2) is 5.03. The zero-order valence-electron chi connectivity index (χ0n) is 11.8. The van der Waals surface area contributed by atoms with Crippen molar-refractivity contribution in [2.24, 2.45) is 11.7 Å². The zero-order valence-corrected chi connectivity index (χ0v) is 14.2. The zero-order chi connectivity index (χ0) is 14.4. The van der Waals surface area contributed by atoms with Gasteiger partial charge < -0.3 is 10.5 Å². The minimum absolute atomic E-state index is 0.0927. The molecule has 1 aliphatic heterocycles. The van der Waals surface area contributed by atoms with Crippen molar-refractivity contribution >= 4 is 27.5 Å². The van der Waals surface area contributed by atoms with Gasteiger partial charge in [-0.15, -0.1) is 0 Å². The molecule has 0 bridgehead atoms. The first-order valence-corrected chi connectivity index (χ1v) is 7.70. The van der Waals surface area contributed by atoms with Gasteiger partial charge in [0.15, 0.2) is 0 Å². The maximum absolute atomic E-state index is 6.50. The van der Waals surface area contributed by atoms with Crippen molar-refractivity contribution in [1.82, 2.24) is 0 Å². The van der Waals surface area contributed by atoms with E-state index in [4.69, 9.17) is 22.1 Å². The highest BCUT2D eigenvalue weighted by Crippen LogP contribution is 2.47. The summed E-state index contributed by atoms with van der Waals surface area (Å²) in [5.41, 5.74) is 7.19. The van der Waals surface area contributed by atoms with E-state index >= 15 is 0 Å². The van der Waals surface area contributed by atoms with E-state index in [2.05, 4.69) is 43.6 Å². The summed E-state index contributed by atoms with van der Waals surface area (Å²) in [4.78, 5) is 0. The van der Waals surface area contributed by atoms with Gasteiger partial charge >= 0.3 is 0 Å². The van der Waals surface area contributed by atoms with Gasteiger partial charge in [-0.2, -0.15) is 0 Å². The molecule has 2 rings (SSSR count). The largest absolute Gasteiger partial charge is 0.369 e. The van der Waals surface area contributed by atoms with E-state index in [0.717, 1.165) is 16.5 Å². The molecule has 2 N–H and O–H groups in total. The first-order chi connectivity index (χ1) is 8.62. The molecule has 0 aliphatic carbocycles. The van der Waals surface area contributed by atoms with Crippen LogP contribution in [0.4, 0.5) is 0 Å². The monoisotopic (exact) mass is 345 g/mol. The third-order valence-corrected chi connectivity index (χ3v) is 4.85. The fraction of sp³-hybridized carbons (Fsp3) is 0.600. The normalized spacial score (nSPS) is 26.4. The fourth-order valence-corrected chi connectivity index (χ4v) is 3.84. The predicted molar refractivity (Wildman–Crippen MR) is 83.4 cm³/mol. The van der Waals surface area contributed by atoms with Gasteiger partial charge in [0.2, 0.25) is 0 Å². The lowest BCUT2D eigenvalue weighted by atomic mass is 9.79. The summed E-state index contributed by atoms with van der Waals surface area (Å²) in [5.74, 6) is 0.261. The molecular weight excluding hydrogens is 326 g/mol. The van der Waals surface area contributed by atoms with Crippen LogP contribution in [0.25, 0.3) is 0 Å². The van der Waals surface area contributed by atoms with Gasteiger partial charge in [-0.3, -0.25) is 0 Å². The van der Waals surface area contributed by atoms with Gasteiger partial charge in [-0.25, -0.2) is 0 Å². The molecule has 0 saturated carbocycles. The molecule has 1 saturated heterocycles. The van der Waals surface area contributed by atoms with Crippen molar-refractivity contribution in [3.8, 4) is 0 Å². The molecule has 1 aliphatic rings. The summed E-state index contributed by atoms with van der Waals surface area (Å²) in [7, 11) is 0. The minimum atomic E-state index is -0.231. The summed E-state index contributed by atoms with van der Waals surface area (Å²) in [5, 5.41) is 0.713. The van der Waals surface area contributed by atoms with E-state index < -0.39 is 0 Å². The van der Waals surface area contributed by atoms with Crippen LogP contribution in [0.2, 0.25) is 5.02 Å². The predicted octanol–water partition coefficient (Wildman–Crippen LogP) is 4.70. The molecule has 1 heterocycles. The van der Waals surface area contributed by atoms with E-state index in [1.165, 1.54) is 0 Å². The smallest absolute Gasteiger partial charge is 0.0680 e. The Hall–Kier alpha value is -0.0900. The lowest BCUT2D eigenvalue weighted by Crippen LogP contribution is -2.36. The molecule has 2 nitrogen and oxygen atoms in total. The van der Waals surface area contributed by atoms with Gasteiger partial charge in [0.1, 0.15) is 0 Å². The van der Waals surface area contributed by atoms with E-state index in [-0.39, 0.29) is 23.2 Å². The first kappa shape index (κ1) is 15.3. The van der Waals surface area contributed by atoms with Crippen molar-refractivity contribution in [3.05, 3.63) is 33.3 Å². The molecule has 0 radical (unpaired) electrons. The number of halogens is 2. The van der Waals surface area contributed by atoms with Crippen molar-refractivity contribution in [3.63, 3.8) is 0 Å². The Labute approximate surface area is 128 Å². The Morgan fingerprint density at radius 3 is 2.53 bits per heavy atom. The van der Waals surface area contributed by atoms with Crippen molar-refractivity contribution in [2.45, 2.75) is 51.4 Å². The van der Waals surface area contributed by atoms with Crippen molar-refractivity contribution in [1.29, 1.82) is 0 Å². The number of hydrogen-bond acceptors (Lipinski definition) is 2. The van der Waals surface area contributed by atoms with Crippen LogP contribution in [0.15, 0.2) is 22.7 Å². The summed E-state index contributed by atoms with van der Waals surface area (Å²) in [6.07, 6.45) is 0.945. The van der Waals surface area contributed by atoms with Gasteiger partial charge in [-0.05, 0) is 57.9 Å². The van der Waals surface area contributed by atoms with Gasteiger partial charge in [0.05, 0.1) is 11.2 Å². The molecule has 19 heavy (non-hydrogen) atoms. The van der Waals surface area contributed by atoms with Gasteiger partial charge in [0, 0.05) is 21.5 Å². The average molecular weight is 347 g/mol. The summed E-state index contributed by atoms with van der Waals surface area (Å²) in [6, 6.07) is 5.66. The SMILES string of the molecule is CC1(C)CC(C(N)c2cc(Cl)ccc2Br)C(C)(C)O1. The van der Waals surface area contributed by atoms with Crippen LogP contribution in [0.1, 0.15) is 45.7 Å². The highest BCUT2D eigenvalue weighted by Gasteiger charge is 2.48. The molecule has 4 heteroatoms. The highest BCUT2D eigenvalue weighted by atomic mass is 79.9. The lowest BCUT2D eigenvalue weighted by Gasteiger charge is -2.31. The molecule has 0 spiro atoms. The number of nitrogens with two attached hydrogens (primary N) is 1. The maximum atomic E-state index is 6.50. The topological polar surface area (TPSA) is 35.2 Å².